The molecule has 0 bridgehead atoms. The Bertz CT molecular complexity index is 503. The van der Waals surface area contributed by atoms with Crippen molar-refractivity contribution in [3.63, 3.8) is 0 Å². The maximum absolute atomic E-state index is 12.1. The lowest BCUT2D eigenvalue weighted by Crippen LogP contribution is -2.39. The number of unbranched alkanes of at least 4 members (excludes halogenated alkanes) is 1. The molecule has 0 atom stereocenters. The number of aromatic nitrogens is 1. The Balaban J connectivity index is 0.00000484. The fourth-order valence-electron chi connectivity index (χ4n) is 2.08. The SMILES string of the molecule is CN=C(NCCCCC(F)(F)F)N(C)Cc1cc(Br)cn1C.I. The normalized spacial score (nSPS) is 12.0. The summed E-state index contributed by atoms with van der Waals surface area (Å²) in [6.45, 7) is 1.13. The van der Waals surface area contributed by atoms with E-state index in [2.05, 4.69) is 26.2 Å². The van der Waals surface area contributed by atoms with Gasteiger partial charge in [-0.25, -0.2) is 0 Å². The predicted octanol–water partition coefficient (Wildman–Crippen LogP) is 4.15. The van der Waals surface area contributed by atoms with Gasteiger partial charge in [0.1, 0.15) is 0 Å². The van der Waals surface area contributed by atoms with Crippen LogP contribution in [0.3, 0.4) is 0 Å². The van der Waals surface area contributed by atoms with Crippen LogP contribution in [-0.4, -0.2) is 42.2 Å². The van der Waals surface area contributed by atoms with E-state index in [0.29, 0.717) is 25.5 Å². The molecule has 1 aromatic rings. The van der Waals surface area contributed by atoms with Gasteiger partial charge in [-0.2, -0.15) is 13.2 Å². The number of rotatable bonds is 6. The molecule has 9 heteroatoms. The summed E-state index contributed by atoms with van der Waals surface area (Å²) in [5.41, 5.74) is 1.11. The molecule has 0 aliphatic rings. The van der Waals surface area contributed by atoms with Crippen LogP contribution < -0.4 is 5.32 Å². The van der Waals surface area contributed by atoms with Crippen molar-refractivity contribution >= 4 is 45.9 Å². The monoisotopic (exact) mass is 510 g/mol. The van der Waals surface area contributed by atoms with E-state index in [4.69, 9.17) is 0 Å². The number of nitrogens with zero attached hydrogens (tertiary/aromatic N) is 3. The van der Waals surface area contributed by atoms with E-state index in [-0.39, 0.29) is 30.4 Å². The average Bonchev–Trinajstić information content (AvgIpc) is 2.70. The highest BCUT2D eigenvalue weighted by Crippen LogP contribution is 2.21. The number of hydrogen-bond acceptors (Lipinski definition) is 1. The molecule has 0 aromatic carbocycles. The second-order valence-corrected chi connectivity index (χ2v) is 6.08. The van der Waals surface area contributed by atoms with Gasteiger partial charge in [0.25, 0.3) is 0 Å². The summed E-state index contributed by atoms with van der Waals surface area (Å²) in [5.74, 6) is 0.671. The third kappa shape index (κ3) is 8.83. The fourth-order valence-corrected chi connectivity index (χ4v) is 2.65. The van der Waals surface area contributed by atoms with Crippen molar-refractivity contribution in [2.24, 2.45) is 12.0 Å². The molecule has 0 aliphatic carbocycles. The molecule has 4 nitrogen and oxygen atoms in total. The van der Waals surface area contributed by atoms with E-state index >= 15 is 0 Å². The summed E-state index contributed by atoms with van der Waals surface area (Å²) in [6, 6.07) is 2.02. The summed E-state index contributed by atoms with van der Waals surface area (Å²) in [4.78, 5) is 6.09. The number of aryl methyl sites for hydroxylation is 1. The van der Waals surface area contributed by atoms with Crippen LogP contribution in [0.5, 0.6) is 0 Å². The number of aliphatic imine (C=N–C) groups is 1. The Morgan fingerprint density at radius 2 is 2.04 bits per heavy atom. The lowest BCUT2D eigenvalue weighted by molar-refractivity contribution is -0.135. The lowest BCUT2D eigenvalue weighted by Gasteiger charge is -2.22. The van der Waals surface area contributed by atoms with E-state index < -0.39 is 12.6 Å². The molecule has 1 aromatic heterocycles. The Morgan fingerprint density at radius 3 is 2.52 bits per heavy atom. The summed E-state index contributed by atoms with van der Waals surface area (Å²) in [5, 5.41) is 3.09. The minimum absolute atomic E-state index is 0. The molecule has 0 aliphatic heterocycles. The highest BCUT2D eigenvalue weighted by Gasteiger charge is 2.25. The van der Waals surface area contributed by atoms with Gasteiger partial charge in [0.05, 0.1) is 6.54 Å². The fraction of sp³-hybridized carbons (Fsp3) is 0.643. The molecule has 23 heavy (non-hydrogen) atoms. The first kappa shape index (κ1) is 22.6. The van der Waals surface area contributed by atoms with Gasteiger partial charge in [-0.05, 0) is 34.8 Å². The zero-order valence-corrected chi connectivity index (χ0v) is 17.4. The Labute approximate surface area is 160 Å². The minimum Gasteiger partial charge on any atom is -0.356 e. The molecule has 1 heterocycles. The molecule has 0 saturated carbocycles. The van der Waals surface area contributed by atoms with Crippen LogP contribution in [0.2, 0.25) is 0 Å². The van der Waals surface area contributed by atoms with Gasteiger partial charge in [-0.1, -0.05) is 0 Å². The van der Waals surface area contributed by atoms with Gasteiger partial charge in [-0.3, -0.25) is 4.99 Å². The number of nitrogens with one attached hydrogen (secondary N) is 1. The smallest absolute Gasteiger partial charge is 0.356 e. The van der Waals surface area contributed by atoms with Crippen molar-refractivity contribution < 1.29 is 13.2 Å². The molecule has 1 rings (SSSR count). The van der Waals surface area contributed by atoms with E-state index in [0.717, 1.165) is 10.2 Å². The molecular weight excluding hydrogens is 488 g/mol. The van der Waals surface area contributed by atoms with Gasteiger partial charge in [-0.15, -0.1) is 24.0 Å². The van der Waals surface area contributed by atoms with Crippen molar-refractivity contribution in [1.29, 1.82) is 0 Å². The number of alkyl halides is 3. The molecular formula is C14H23BrF3IN4. The summed E-state index contributed by atoms with van der Waals surface area (Å²) in [7, 11) is 5.52. The molecule has 0 amide bonds. The molecule has 134 valence electrons. The minimum atomic E-state index is -4.07. The van der Waals surface area contributed by atoms with E-state index in [1.807, 2.05) is 35.8 Å². The molecule has 0 unspecified atom stereocenters. The Kier molecular flexibility index (Phi) is 10.2. The van der Waals surface area contributed by atoms with Crippen molar-refractivity contribution in [3.8, 4) is 0 Å². The Hall–Kier alpha value is -0.450. The molecule has 1 N–H and O–H groups in total. The largest absolute Gasteiger partial charge is 0.389 e. The van der Waals surface area contributed by atoms with Gasteiger partial charge < -0.3 is 14.8 Å². The maximum atomic E-state index is 12.1. The first-order valence-corrected chi connectivity index (χ1v) is 7.81. The van der Waals surface area contributed by atoms with Crippen molar-refractivity contribution in [2.75, 3.05) is 20.6 Å². The quantitative estimate of drug-likeness (QED) is 0.270. The summed E-state index contributed by atoms with van der Waals surface area (Å²) in [6.07, 6.45) is -2.25. The van der Waals surface area contributed by atoms with E-state index in [9.17, 15) is 13.2 Å². The topological polar surface area (TPSA) is 32.6 Å². The number of guanidine groups is 1. The molecule has 0 fully saturated rings. The van der Waals surface area contributed by atoms with Gasteiger partial charge in [0, 0.05) is 50.5 Å². The third-order valence-corrected chi connectivity index (χ3v) is 3.65. The second kappa shape index (κ2) is 10.4. The van der Waals surface area contributed by atoms with Crippen LogP contribution in [0.4, 0.5) is 13.2 Å². The number of hydrogen-bond donors (Lipinski definition) is 1. The first-order chi connectivity index (χ1) is 10.2. The van der Waals surface area contributed by atoms with Crippen molar-refractivity contribution in [1.82, 2.24) is 14.8 Å². The standard InChI is InChI=1S/C14H22BrF3N4.HI/c1-19-13(20-7-5-4-6-14(16,17)18)22(3)10-12-8-11(15)9-21(12)2;/h8-9H,4-7,10H2,1-3H3,(H,19,20);1H. The van der Waals surface area contributed by atoms with Crippen molar-refractivity contribution in [2.45, 2.75) is 32.0 Å². The highest BCUT2D eigenvalue weighted by molar-refractivity contribution is 14.0. The van der Waals surface area contributed by atoms with Gasteiger partial charge in [0.15, 0.2) is 5.96 Å². The lowest BCUT2D eigenvalue weighted by atomic mass is 10.2. The predicted molar refractivity (Wildman–Crippen MR) is 101 cm³/mol. The summed E-state index contributed by atoms with van der Waals surface area (Å²) >= 11 is 3.43. The molecule has 0 saturated heterocycles. The highest BCUT2D eigenvalue weighted by atomic mass is 127. The molecule has 0 radical (unpaired) electrons. The third-order valence-electron chi connectivity index (χ3n) is 3.22. The van der Waals surface area contributed by atoms with Crippen LogP contribution in [0.15, 0.2) is 21.7 Å². The average molecular weight is 511 g/mol. The zero-order valence-electron chi connectivity index (χ0n) is 13.5. The maximum Gasteiger partial charge on any atom is 0.389 e. The number of halogens is 5. The van der Waals surface area contributed by atoms with Crippen LogP contribution in [0.25, 0.3) is 0 Å². The second-order valence-electron chi connectivity index (χ2n) is 5.16. The van der Waals surface area contributed by atoms with Gasteiger partial charge >= 0.3 is 6.18 Å². The van der Waals surface area contributed by atoms with Crippen LogP contribution in [0.1, 0.15) is 25.0 Å². The van der Waals surface area contributed by atoms with E-state index in [1.54, 1.807) is 7.05 Å². The van der Waals surface area contributed by atoms with E-state index in [1.165, 1.54) is 0 Å². The van der Waals surface area contributed by atoms with Crippen LogP contribution in [-0.2, 0) is 13.6 Å². The molecule has 0 spiro atoms. The summed E-state index contributed by atoms with van der Waals surface area (Å²) < 4.78 is 39.2. The Morgan fingerprint density at radius 1 is 1.39 bits per heavy atom. The van der Waals surface area contributed by atoms with Crippen LogP contribution in [0, 0.1) is 0 Å². The van der Waals surface area contributed by atoms with Gasteiger partial charge in [0.2, 0.25) is 0 Å². The first-order valence-electron chi connectivity index (χ1n) is 7.02. The zero-order chi connectivity index (χ0) is 16.8. The van der Waals surface area contributed by atoms with Crippen molar-refractivity contribution in [3.05, 3.63) is 22.4 Å². The van der Waals surface area contributed by atoms with Crippen LogP contribution >= 0.6 is 39.9 Å².